The van der Waals surface area contributed by atoms with Crippen LogP contribution in [0.15, 0.2) is 90.2 Å². The van der Waals surface area contributed by atoms with Crippen molar-refractivity contribution in [1.29, 1.82) is 0 Å². The number of aromatic nitrogens is 2. The first-order chi connectivity index (χ1) is 16.3. The molecule has 0 aliphatic carbocycles. The summed E-state index contributed by atoms with van der Waals surface area (Å²) in [6.07, 6.45) is 5.46. The van der Waals surface area contributed by atoms with E-state index in [1.165, 1.54) is 17.5 Å². The summed E-state index contributed by atoms with van der Waals surface area (Å²) in [5, 5.41) is 1.12. The molecule has 0 spiro atoms. The van der Waals surface area contributed by atoms with Gasteiger partial charge in [0.2, 0.25) is 0 Å². The van der Waals surface area contributed by atoms with Crippen LogP contribution in [0.25, 0.3) is 10.9 Å². The summed E-state index contributed by atoms with van der Waals surface area (Å²) in [6, 6.07) is 22.0. The Kier molecular flexibility index (Phi) is 6.51. The third kappa shape index (κ3) is 5.16. The number of rotatable bonds is 6. The number of nitrogens with zero attached hydrogens (tertiary/aromatic N) is 4. The van der Waals surface area contributed by atoms with Crippen molar-refractivity contribution < 1.29 is 4.79 Å². The molecule has 1 amide bonds. The highest BCUT2D eigenvalue weighted by atomic mass is 32.2. The first-order valence-electron chi connectivity index (χ1n) is 11.0. The molecule has 2 aromatic heterocycles. The molecule has 0 unspecified atom stereocenters. The zero-order valence-corrected chi connectivity index (χ0v) is 19.0. The molecule has 1 aliphatic rings. The maximum Gasteiger partial charge on any atom is 0.253 e. The Morgan fingerprint density at radius 3 is 2.42 bits per heavy atom. The van der Waals surface area contributed by atoms with Crippen LogP contribution < -0.4 is 4.72 Å². The number of benzene rings is 2. The van der Waals surface area contributed by atoms with Gasteiger partial charge < -0.3 is 9.62 Å². The highest BCUT2D eigenvalue weighted by Gasteiger charge is 2.22. The molecule has 5 rings (SSSR count). The largest absolute Gasteiger partial charge is 0.336 e. The molecular weight excluding hydrogens is 430 g/mol. The number of nitrogens with one attached hydrogen (secondary N) is 1. The minimum atomic E-state index is 0.0935. The lowest BCUT2D eigenvalue weighted by Crippen LogP contribution is -2.48. The Bertz CT molecular complexity index is 1220. The summed E-state index contributed by atoms with van der Waals surface area (Å²) in [6.45, 7) is 4.14. The maximum absolute atomic E-state index is 13.0. The van der Waals surface area contributed by atoms with Gasteiger partial charge in [-0.25, -0.2) is 0 Å². The minimum absolute atomic E-state index is 0.0935. The number of carbonyl (C=O) groups is 1. The quantitative estimate of drug-likeness (QED) is 0.425. The summed E-state index contributed by atoms with van der Waals surface area (Å²) in [4.78, 5) is 26.9. The molecule has 6 nitrogen and oxygen atoms in total. The van der Waals surface area contributed by atoms with Crippen LogP contribution in [0.4, 0.5) is 5.69 Å². The molecule has 0 bridgehead atoms. The highest BCUT2D eigenvalue weighted by Crippen LogP contribution is 2.27. The van der Waals surface area contributed by atoms with Crippen LogP contribution >= 0.6 is 11.9 Å². The first-order valence-corrected chi connectivity index (χ1v) is 11.9. The van der Waals surface area contributed by atoms with Gasteiger partial charge in [0, 0.05) is 68.0 Å². The van der Waals surface area contributed by atoms with Gasteiger partial charge in [0.25, 0.3) is 5.91 Å². The molecule has 1 fully saturated rings. The van der Waals surface area contributed by atoms with E-state index in [0.29, 0.717) is 0 Å². The van der Waals surface area contributed by atoms with Crippen LogP contribution in [0.5, 0.6) is 0 Å². The Hall–Kier alpha value is -3.42. The second kappa shape index (κ2) is 10.0. The van der Waals surface area contributed by atoms with Crippen LogP contribution in [0.1, 0.15) is 15.9 Å². The Morgan fingerprint density at radius 2 is 1.64 bits per heavy atom. The zero-order chi connectivity index (χ0) is 22.5. The van der Waals surface area contributed by atoms with Crippen molar-refractivity contribution in [2.24, 2.45) is 0 Å². The third-order valence-electron chi connectivity index (χ3n) is 5.82. The lowest BCUT2D eigenvalue weighted by Gasteiger charge is -2.34. The fourth-order valence-corrected chi connectivity index (χ4v) is 4.77. The lowest BCUT2D eigenvalue weighted by atomic mass is 10.1. The topological polar surface area (TPSA) is 61.4 Å². The molecular formula is C26H25N5OS. The molecule has 2 aromatic carbocycles. The van der Waals surface area contributed by atoms with Gasteiger partial charge in [0.1, 0.15) is 0 Å². The Balaban J connectivity index is 1.15. The molecule has 3 heterocycles. The number of hydrogen-bond donors (Lipinski definition) is 1. The van der Waals surface area contributed by atoms with E-state index >= 15 is 0 Å². The van der Waals surface area contributed by atoms with Crippen molar-refractivity contribution >= 4 is 34.4 Å². The number of fused-ring (bicyclic) bond motifs is 1. The summed E-state index contributed by atoms with van der Waals surface area (Å²) in [5.41, 5.74) is 3.91. The van der Waals surface area contributed by atoms with Crippen molar-refractivity contribution in [2.45, 2.75) is 11.4 Å². The SMILES string of the molecule is O=C(c1ccc(NSc2cccc3cccnc23)cc1)N1CCN(Cc2ccncc2)CC1. The van der Waals surface area contributed by atoms with Gasteiger partial charge in [-0.2, -0.15) is 0 Å². The molecule has 166 valence electrons. The van der Waals surface area contributed by atoms with Crippen LogP contribution in [0, 0.1) is 0 Å². The van der Waals surface area contributed by atoms with Gasteiger partial charge in [-0.15, -0.1) is 0 Å². The summed E-state index contributed by atoms with van der Waals surface area (Å²) < 4.78 is 3.37. The van der Waals surface area contributed by atoms with Crippen LogP contribution in [-0.2, 0) is 6.54 Å². The van der Waals surface area contributed by atoms with E-state index in [2.05, 4.69) is 37.8 Å². The summed E-state index contributed by atoms with van der Waals surface area (Å²) >= 11 is 1.53. The predicted octanol–water partition coefficient (Wildman–Crippen LogP) is 4.71. The molecule has 4 aromatic rings. The van der Waals surface area contributed by atoms with E-state index in [0.717, 1.165) is 59.8 Å². The standard InChI is InChI=1S/C26H25N5OS/c32-26(31-17-15-30(16-18-31)19-20-10-13-27-14-11-20)22-6-8-23(9-7-22)29-33-24-5-1-3-21-4-2-12-28-25(21)24/h1-14,29H,15-19H2. The number of para-hydroxylation sites is 1. The Labute approximate surface area is 197 Å². The molecule has 1 saturated heterocycles. The van der Waals surface area contributed by atoms with Crippen molar-refractivity contribution in [3.63, 3.8) is 0 Å². The molecule has 0 saturated carbocycles. The fourth-order valence-electron chi connectivity index (χ4n) is 3.99. The van der Waals surface area contributed by atoms with E-state index in [1.807, 2.05) is 72.0 Å². The second-order valence-corrected chi connectivity index (χ2v) is 8.88. The van der Waals surface area contributed by atoms with E-state index in [4.69, 9.17) is 0 Å². The number of piperazine rings is 1. The smallest absolute Gasteiger partial charge is 0.253 e. The number of hydrogen-bond acceptors (Lipinski definition) is 6. The lowest BCUT2D eigenvalue weighted by molar-refractivity contribution is 0.0628. The average molecular weight is 456 g/mol. The van der Waals surface area contributed by atoms with E-state index in [-0.39, 0.29) is 5.91 Å². The third-order valence-corrected chi connectivity index (χ3v) is 6.71. The summed E-state index contributed by atoms with van der Waals surface area (Å²) in [5.74, 6) is 0.0935. The van der Waals surface area contributed by atoms with E-state index in [1.54, 1.807) is 0 Å². The fraction of sp³-hybridized carbons (Fsp3) is 0.192. The minimum Gasteiger partial charge on any atom is -0.336 e. The molecule has 1 N–H and O–H groups in total. The zero-order valence-electron chi connectivity index (χ0n) is 18.2. The molecule has 0 atom stereocenters. The van der Waals surface area contributed by atoms with Crippen molar-refractivity contribution in [3.05, 3.63) is 96.4 Å². The predicted molar refractivity (Wildman–Crippen MR) is 133 cm³/mol. The van der Waals surface area contributed by atoms with Gasteiger partial charge in [-0.05, 0) is 66.0 Å². The van der Waals surface area contributed by atoms with Crippen molar-refractivity contribution in [1.82, 2.24) is 19.8 Å². The van der Waals surface area contributed by atoms with Crippen LogP contribution in [0.3, 0.4) is 0 Å². The van der Waals surface area contributed by atoms with Crippen molar-refractivity contribution in [3.8, 4) is 0 Å². The number of amides is 1. The molecule has 33 heavy (non-hydrogen) atoms. The van der Waals surface area contributed by atoms with E-state index in [9.17, 15) is 4.79 Å². The maximum atomic E-state index is 13.0. The summed E-state index contributed by atoms with van der Waals surface area (Å²) in [7, 11) is 0. The van der Waals surface area contributed by atoms with Gasteiger partial charge >= 0.3 is 0 Å². The van der Waals surface area contributed by atoms with Crippen molar-refractivity contribution in [2.75, 3.05) is 30.9 Å². The molecule has 1 aliphatic heterocycles. The van der Waals surface area contributed by atoms with Crippen LogP contribution in [0.2, 0.25) is 0 Å². The highest BCUT2D eigenvalue weighted by molar-refractivity contribution is 8.00. The number of carbonyl (C=O) groups excluding carboxylic acids is 1. The number of pyridine rings is 2. The van der Waals surface area contributed by atoms with Gasteiger partial charge in [-0.1, -0.05) is 18.2 Å². The number of anilines is 1. The molecule has 0 radical (unpaired) electrons. The normalized spacial score (nSPS) is 14.4. The first kappa shape index (κ1) is 21.4. The average Bonchev–Trinajstić information content (AvgIpc) is 2.88. The van der Waals surface area contributed by atoms with Gasteiger partial charge in [0.15, 0.2) is 0 Å². The van der Waals surface area contributed by atoms with Gasteiger partial charge in [-0.3, -0.25) is 19.7 Å². The molecule has 7 heteroatoms. The van der Waals surface area contributed by atoms with E-state index < -0.39 is 0 Å². The van der Waals surface area contributed by atoms with Gasteiger partial charge in [0.05, 0.1) is 10.4 Å². The monoisotopic (exact) mass is 455 g/mol. The second-order valence-electron chi connectivity index (χ2n) is 8.04. The Morgan fingerprint density at radius 1 is 0.879 bits per heavy atom. The van der Waals surface area contributed by atoms with Crippen LogP contribution in [-0.4, -0.2) is 51.9 Å².